The van der Waals surface area contributed by atoms with Crippen molar-refractivity contribution >= 4 is 22.0 Å². The van der Waals surface area contributed by atoms with E-state index in [0.717, 1.165) is 16.5 Å². The average molecular weight is 270 g/mol. The molecule has 1 heterocycles. The van der Waals surface area contributed by atoms with Gasteiger partial charge in [-0.15, -0.1) is 0 Å². The summed E-state index contributed by atoms with van der Waals surface area (Å²) in [4.78, 5) is 11.2. The van der Waals surface area contributed by atoms with Crippen LogP contribution < -0.4 is 5.32 Å². The lowest BCUT2D eigenvalue weighted by atomic mass is 9.91. The molecule has 1 fully saturated rings. The number of hydrogen-bond acceptors (Lipinski definition) is 2. The summed E-state index contributed by atoms with van der Waals surface area (Å²) in [5.41, 5.74) is 0.488. The normalized spacial score (nSPS) is 25.6. The van der Waals surface area contributed by atoms with Crippen LogP contribution in [0.15, 0.2) is 28.7 Å². The standard InChI is InChI=1S/C11H12BrNO2/c1-11(6-7-13-10(14)15-11)8-4-2-3-5-9(8)12/h2-5H,6-7H2,1H3,(H,13,14). The predicted octanol–water partition coefficient (Wildman–Crippen LogP) is 2.79. The maximum atomic E-state index is 11.2. The summed E-state index contributed by atoms with van der Waals surface area (Å²) in [7, 11) is 0. The lowest BCUT2D eigenvalue weighted by Gasteiger charge is -2.34. The second-order valence-corrected chi connectivity index (χ2v) is 4.63. The average Bonchev–Trinajstić information content (AvgIpc) is 2.17. The number of rotatable bonds is 1. The van der Waals surface area contributed by atoms with Gasteiger partial charge < -0.3 is 10.1 Å². The van der Waals surface area contributed by atoms with Gasteiger partial charge in [0.1, 0.15) is 5.60 Å². The summed E-state index contributed by atoms with van der Waals surface area (Å²) < 4.78 is 6.33. The first-order valence-corrected chi connectivity index (χ1v) is 5.63. The van der Waals surface area contributed by atoms with E-state index in [1.807, 2.05) is 31.2 Å². The van der Waals surface area contributed by atoms with Crippen molar-refractivity contribution in [2.24, 2.45) is 0 Å². The van der Waals surface area contributed by atoms with Gasteiger partial charge in [0.05, 0.1) is 0 Å². The fourth-order valence-electron chi connectivity index (χ4n) is 1.77. The molecule has 1 amide bonds. The van der Waals surface area contributed by atoms with Crippen molar-refractivity contribution in [3.8, 4) is 0 Å². The first-order chi connectivity index (χ1) is 7.12. The molecule has 0 aromatic heterocycles. The highest BCUT2D eigenvalue weighted by atomic mass is 79.9. The minimum atomic E-state index is -0.525. The molecular formula is C11H12BrNO2. The molecule has 0 saturated carbocycles. The fourth-order valence-corrected chi connectivity index (χ4v) is 2.48. The van der Waals surface area contributed by atoms with Crippen molar-refractivity contribution in [1.29, 1.82) is 0 Å². The van der Waals surface area contributed by atoms with E-state index in [2.05, 4.69) is 21.2 Å². The van der Waals surface area contributed by atoms with Crippen molar-refractivity contribution in [3.05, 3.63) is 34.3 Å². The molecule has 0 spiro atoms. The number of alkyl carbamates (subject to hydrolysis) is 1. The molecule has 0 bridgehead atoms. The van der Waals surface area contributed by atoms with Crippen LogP contribution in [-0.2, 0) is 10.3 Å². The van der Waals surface area contributed by atoms with Crippen LogP contribution in [0, 0.1) is 0 Å². The van der Waals surface area contributed by atoms with Crippen molar-refractivity contribution in [2.75, 3.05) is 6.54 Å². The predicted molar refractivity (Wildman–Crippen MR) is 60.6 cm³/mol. The van der Waals surface area contributed by atoms with Crippen molar-refractivity contribution < 1.29 is 9.53 Å². The molecule has 0 radical (unpaired) electrons. The Hall–Kier alpha value is -1.03. The topological polar surface area (TPSA) is 38.3 Å². The highest BCUT2D eigenvalue weighted by molar-refractivity contribution is 9.10. The second kappa shape index (κ2) is 3.85. The number of cyclic esters (lactones) is 1. The Morgan fingerprint density at radius 2 is 2.20 bits per heavy atom. The molecule has 15 heavy (non-hydrogen) atoms. The zero-order valence-electron chi connectivity index (χ0n) is 8.42. The lowest BCUT2D eigenvalue weighted by molar-refractivity contribution is -0.00323. The van der Waals surface area contributed by atoms with Crippen LogP contribution in [0.4, 0.5) is 4.79 Å². The van der Waals surface area contributed by atoms with Gasteiger partial charge in [0.15, 0.2) is 0 Å². The molecule has 1 aromatic rings. The van der Waals surface area contributed by atoms with E-state index in [9.17, 15) is 4.79 Å². The smallest absolute Gasteiger partial charge is 0.408 e. The molecule has 0 aliphatic carbocycles. The maximum Gasteiger partial charge on any atom is 0.408 e. The summed E-state index contributed by atoms with van der Waals surface area (Å²) >= 11 is 3.48. The van der Waals surface area contributed by atoms with E-state index in [-0.39, 0.29) is 6.09 Å². The Kier molecular flexibility index (Phi) is 2.69. The number of hydrogen-bond donors (Lipinski definition) is 1. The number of amides is 1. The summed E-state index contributed by atoms with van der Waals surface area (Å²) in [6.07, 6.45) is 0.431. The van der Waals surface area contributed by atoms with Gasteiger partial charge >= 0.3 is 6.09 Å². The van der Waals surface area contributed by atoms with Crippen LogP contribution in [0.2, 0.25) is 0 Å². The molecule has 80 valence electrons. The number of ether oxygens (including phenoxy) is 1. The summed E-state index contributed by atoms with van der Waals surface area (Å²) in [6.45, 7) is 2.59. The molecule has 1 aliphatic rings. The lowest BCUT2D eigenvalue weighted by Crippen LogP contribution is -2.43. The van der Waals surface area contributed by atoms with Crippen LogP contribution >= 0.6 is 15.9 Å². The van der Waals surface area contributed by atoms with Crippen molar-refractivity contribution in [2.45, 2.75) is 18.9 Å². The summed E-state index contributed by atoms with van der Waals surface area (Å²) in [6, 6.07) is 7.82. The van der Waals surface area contributed by atoms with E-state index >= 15 is 0 Å². The molecule has 1 aliphatic heterocycles. The van der Waals surface area contributed by atoms with E-state index in [1.165, 1.54) is 0 Å². The third-order valence-corrected chi connectivity index (χ3v) is 3.32. The van der Waals surface area contributed by atoms with Gasteiger partial charge in [-0.3, -0.25) is 0 Å². The van der Waals surface area contributed by atoms with E-state index in [1.54, 1.807) is 0 Å². The quantitative estimate of drug-likeness (QED) is 0.852. The largest absolute Gasteiger partial charge is 0.438 e. The molecule has 3 nitrogen and oxygen atoms in total. The Morgan fingerprint density at radius 3 is 2.87 bits per heavy atom. The summed E-state index contributed by atoms with van der Waals surface area (Å²) in [5.74, 6) is 0. The van der Waals surface area contributed by atoms with Crippen LogP contribution in [-0.4, -0.2) is 12.6 Å². The number of nitrogens with one attached hydrogen (secondary N) is 1. The summed E-state index contributed by atoms with van der Waals surface area (Å²) in [5, 5.41) is 2.65. The maximum absolute atomic E-state index is 11.2. The van der Waals surface area contributed by atoms with Crippen LogP contribution in [0.5, 0.6) is 0 Å². The van der Waals surface area contributed by atoms with Gasteiger partial charge in [-0.2, -0.15) is 0 Å². The Bertz CT molecular complexity index is 394. The molecule has 1 saturated heterocycles. The Balaban J connectivity index is 2.36. The van der Waals surface area contributed by atoms with Crippen LogP contribution in [0.1, 0.15) is 18.9 Å². The first kappa shape index (κ1) is 10.5. The van der Waals surface area contributed by atoms with Crippen LogP contribution in [0.3, 0.4) is 0 Å². The molecule has 1 atom stereocenters. The Labute approximate surface area is 96.9 Å². The molecular weight excluding hydrogens is 258 g/mol. The molecule has 1 N–H and O–H groups in total. The van der Waals surface area contributed by atoms with Gasteiger partial charge in [-0.05, 0) is 13.0 Å². The first-order valence-electron chi connectivity index (χ1n) is 4.84. The fraction of sp³-hybridized carbons (Fsp3) is 0.364. The zero-order valence-corrected chi connectivity index (χ0v) is 10.0. The van der Waals surface area contributed by atoms with E-state index in [0.29, 0.717) is 6.54 Å². The molecule has 4 heteroatoms. The minimum Gasteiger partial charge on any atom is -0.438 e. The number of halogens is 1. The van der Waals surface area contributed by atoms with E-state index < -0.39 is 5.60 Å². The highest BCUT2D eigenvalue weighted by Crippen LogP contribution is 2.35. The molecule has 2 rings (SSSR count). The zero-order chi connectivity index (χ0) is 10.9. The van der Waals surface area contributed by atoms with Crippen molar-refractivity contribution in [3.63, 3.8) is 0 Å². The van der Waals surface area contributed by atoms with Crippen molar-refractivity contribution in [1.82, 2.24) is 5.32 Å². The molecule has 1 unspecified atom stereocenters. The number of benzene rings is 1. The van der Waals surface area contributed by atoms with E-state index in [4.69, 9.17) is 4.74 Å². The SMILES string of the molecule is CC1(c2ccccc2Br)CCNC(=O)O1. The van der Waals surface area contributed by atoms with Gasteiger partial charge in [0.25, 0.3) is 0 Å². The monoisotopic (exact) mass is 269 g/mol. The highest BCUT2D eigenvalue weighted by Gasteiger charge is 2.35. The van der Waals surface area contributed by atoms with Crippen LogP contribution in [0.25, 0.3) is 0 Å². The third-order valence-electron chi connectivity index (χ3n) is 2.63. The van der Waals surface area contributed by atoms with Gasteiger partial charge in [0, 0.05) is 23.0 Å². The van der Waals surface area contributed by atoms with Gasteiger partial charge in [0.2, 0.25) is 0 Å². The second-order valence-electron chi connectivity index (χ2n) is 3.78. The van der Waals surface area contributed by atoms with Gasteiger partial charge in [-0.25, -0.2) is 4.79 Å². The minimum absolute atomic E-state index is 0.348. The Morgan fingerprint density at radius 1 is 1.47 bits per heavy atom. The molecule has 1 aromatic carbocycles. The third kappa shape index (κ3) is 2.00. The number of carbonyl (C=O) groups excluding carboxylic acids is 1. The van der Waals surface area contributed by atoms with Gasteiger partial charge in [-0.1, -0.05) is 34.1 Å². The number of carbonyl (C=O) groups is 1.